The molecular formula is C11H10BrN5S. The van der Waals surface area contributed by atoms with Crippen molar-refractivity contribution >= 4 is 39.2 Å². The van der Waals surface area contributed by atoms with Gasteiger partial charge in [-0.05, 0) is 30.4 Å². The Kier molecular flexibility index (Phi) is 2.79. The molecule has 92 valence electrons. The van der Waals surface area contributed by atoms with Crippen molar-refractivity contribution in [2.45, 2.75) is 6.54 Å². The number of hydrogen-bond acceptors (Lipinski definition) is 3. The number of nitrogens with one attached hydrogen (secondary N) is 1. The van der Waals surface area contributed by atoms with Crippen molar-refractivity contribution in [3.63, 3.8) is 0 Å². The summed E-state index contributed by atoms with van der Waals surface area (Å²) >= 11 is 8.80. The first kappa shape index (κ1) is 11.6. The number of H-pyrrole nitrogens is 1. The Morgan fingerprint density at radius 1 is 1.44 bits per heavy atom. The highest BCUT2D eigenvalue weighted by Gasteiger charge is 2.08. The van der Waals surface area contributed by atoms with Crippen LogP contribution in [0.4, 0.5) is 0 Å². The van der Waals surface area contributed by atoms with Crippen LogP contribution >= 0.6 is 28.1 Å². The Bertz CT molecular complexity index is 769. The fourth-order valence-corrected chi connectivity index (χ4v) is 2.52. The van der Waals surface area contributed by atoms with Crippen molar-refractivity contribution in [2.24, 2.45) is 7.05 Å². The third-order valence-corrected chi connectivity index (χ3v) is 3.66. The SMILES string of the molecule is Cn1cnnc1Cn1c(=S)[nH]c2cc(Br)ccc21. The highest BCUT2D eigenvalue weighted by molar-refractivity contribution is 9.10. The first-order valence-electron chi connectivity index (χ1n) is 5.36. The number of rotatable bonds is 2. The van der Waals surface area contributed by atoms with Gasteiger partial charge in [0.2, 0.25) is 0 Å². The number of aryl methyl sites for hydroxylation is 1. The highest BCUT2D eigenvalue weighted by atomic mass is 79.9. The molecule has 0 atom stereocenters. The van der Waals surface area contributed by atoms with Crippen LogP contribution in [0.2, 0.25) is 0 Å². The molecule has 0 saturated heterocycles. The minimum atomic E-state index is 0.608. The molecule has 0 aliphatic rings. The number of hydrogen-bond donors (Lipinski definition) is 1. The summed E-state index contributed by atoms with van der Waals surface area (Å²) in [4.78, 5) is 3.19. The number of aromatic amines is 1. The number of nitrogens with zero attached hydrogens (tertiary/aromatic N) is 4. The van der Waals surface area contributed by atoms with Gasteiger partial charge >= 0.3 is 0 Å². The Balaban J connectivity index is 2.15. The number of halogens is 1. The molecule has 0 spiro atoms. The van der Waals surface area contributed by atoms with Crippen molar-refractivity contribution in [3.8, 4) is 0 Å². The van der Waals surface area contributed by atoms with Crippen LogP contribution in [0.3, 0.4) is 0 Å². The van der Waals surface area contributed by atoms with Crippen LogP contribution in [0, 0.1) is 4.77 Å². The zero-order valence-electron chi connectivity index (χ0n) is 9.59. The van der Waals surface area contributed by atoms with Crippen molar-refractivity contribution in [1.29, 1.82) is 0 Å². The first-order chi connectivity index (χ1) is 8.65. The Hall–Kier alpha value is -1.47. The molecule has 2 heterocycles. The predicted octanol–water partition coefficient (Wildman–Crippen LogP) is 2.64. The van der Waals surface area contributed by atoms with Gasteiger partial charge in [-0.15, -0.1) is 10.2 Å². The number of aromatic nitrogens is 5. The fraction of sp³-hybridized carbons (Fsp3) is 0.182. The third kappa shape index (κ3) is 1.89. The van der Waals surface area contributed by atoms with E-state index in [1.807, 2.05) is 34.4 Å². The lowest BCUT2D eigenvalue weighted by Crippen LogP contribution is -2.05. The molecule has 2 aromatic heterocycles. The molecule has 7 heteroatoms. The molecule has 0 unspecified atom stereocenters. The standard InChI is InChI=1S/C11H10BrN5S/c1-16-6-13-15-10(16)5-17-9-3-2-7(12)4-8(9)14-11(17)18/h2-4,6H,5H2,1H3,(H,14,18). The second kappa shape index (κ2) is 4.33. The van der Waals surface area contributed by atoms with Gasteiger partial charge in [-0.25, -0.2) is 0 Å². The highest BCUT2D eigenvalue weighted by Crippen LogP contribution is 2.20. The largest absolute Gasteiger partial charge is 0.331 e. The van der Waals surface area contributed by atoms with Gasteiger partial charge in [-0.3, -0.25) is 0 Å². The van der Waals surface area contributed by atoms with Gasteiger partial charge in [-0.2, -0.15) is 0 Å². The Morgan fingerprint density at radius 2 is 2.28 bits per heavy atom. The lowest BCUT2D eigenvalue weighted by Gasteiger charge is -2.03. The lowest BCUT2D eigenvalue weighted by atomic mass is 10.3. The number of benzene rings is 1. The zero-order valence-corrected chi connectivity index (χ0v) is 12.0. The van der Waals surface area contributed by atoms with Crippen molar-refractivity contribution < 1.29 is 0 Å². The molecule has 0 radical (unpaired) electrons. The summed E-state index contributed by atoms with van der Waals surface area (Å²) in [5, 5.41) is 7.95. The van der Waals surface area contributed by atoms with Crippen molar-refractivity contribution in [1.82, 2.24) is 24.3 Å². The van der Waals surface area contributed by atoms with Gasteiger partial charge in [0.15, 0.2) is 10.6 Å². The molecule has 18 heavy (non-hydrogen) atoms. The minimum absolute atomic E-state index is 0.608. The third-order valence-electron chi connectivity index (χ3n) is 2.84. The molecule has 3 aromatic rings. The summed E-state index contributed by atoms with van der Waals surface area (Å²) in [6.07, 6.45) is 1.68. The second-order valence-corrected chi connectivity index (χ2v) is 5.34. The molecule has 3 rings (SSSR count). The van der Waals surface area contributed by atoms with Gasteiger partial charge in [0.1, 0.15) is 6.33 Å². The van der Waals surface area contributed by atoms with Gasteiger partial charge in [-0.1, -0.05) is 15.9 Å². The van der Waals surface area contributed by atoms with Gasteiger partial charge in [0, 0.05) is 11.5 Å². The van der Waals surface area contributed by atoms with E-state index < -0.39 is 0 Å². The van der Waals surface area contributed by atoms with E-state index in [-0.39, 0.29) is 0 Å². The summed E-state index contributed by atoms with van der Waals surface area (Å²) < 4.78 is 5.61. The molecule has 0 amide bonds. The smallest absolute Gasteiger partial charge is 0.178 e. The van der Waals surface area contributed by atoms with Crippen LogP contribution in [-0.4, -0.2) is 24.3 Å². The quantitative estimate of drug-likeness (QED) is 0.737. The Labute approximate surface area is 117 Å². The molecule has 0 bridgehead atoms. The van der Waals surface area contributed by atoms with Crippen LogP contribution in [-0.2, 0) is 13.6 Å². The van der Waals surface area contributed by atoms with Gasteiger partial charge < -0.3 is 14.1 Å². The molecule has 1 N–H and O–H groups in total. The van der Waals surface area contributed by atoms with Crippen molar-refractivity contribution in [2.75, 3.05) is 0 Å². The monoisotopic (exact) mass is 323 g/mol. The lowest BCUT2D eigenvalue weighted by molar-refractivity contribution is 0.705. The zero-order chi connectivity index (χ0) is 12.7. The molecule has 0 aliphatic carbocycles. The van der Waals surface area contributed by atoms with E-state index >= 15 is 0 Å². The maximum Gasteiger partial charge on any atom is 0.178 e. The van der Waals surface area contributed by atoms with E-state index in [1.165, 1.54) is 0 Å². The maximum atomic E-state index is 5.35. The van der Waals surface area contributed by atoms with Crippen LogP contribution in [0.15, 0.2) is 29.0 Å². The summed E-state index contributed by atoms with van der Waals surface area (Å²) in [7, 11) is 1.92. The minimum Gasteiger partial charge on any atom is -0.331 e. The van der Waals surface area contributed by atoms with E-state index in [4.69, 9.17) is 12.2 Å². The van der Waals surface area contributed by atoms with E-state index in [0.29, 0.717) is 11.3 Å². The predicted molar refractivity (Wildman–Crippen MR) is 74.9 cm³/mol. The van der Waals surface area contributed by atoms with E-state index in [9.17, 15) is 0 Å². The molecule has 0 aliphatic heterocycles. The van der Waals surface area contributed by atoms with Crippen LogP contribution in [0.1, 0.15) is 5.82 Å². The normalized spacial score (nSPS) is 11.2. The summed E-state index contributed by atoms with van der Waals surface area (Å²) in [6, 6.07) is 6.04. The van der Waals surface area contributed by atoms with Crippen LogP contribution in [0.25, 0.3) is 11.0 Å². The molecule has 1 aromatic carbocycles. The van der Waals surface area contributed by atoms with E-state index in [2.05, 4.69) is 31.1 Å². The number of fused-ring (bicyclic) bond motifs is 1. The molecule has 0 saturated carbocycles. The molecular weight excluding hydrogens is 314 g/mol. The van der Waals surface area contributed by atoms with Crippen LogP contribution < -0.4 is 0 Å². The van der Waals surface area contributed by atoms with Gasteiger partial charge in [0.25, 0.3) is 0 Å². The van der Waals surface area contributed by atoms with Crippen molar-refractivity contribution in [3.05, 3.63) is 39.6 Å². The van der Waals surface area contributed by atoms with E-state index in [1.54, 1.807) is 6.33 Å². The summed E-state index contributed by atoms with van der Waals surface area (Å²) in [5.41, 5.74) is 2.07. The van der Waals surface area contributed by atoms with Gasteiger partial charge in [0.05, 0.1) is 17.6 Å². The first-order valence-corrected chi connectivity index (χ1v) is 6.56. The second-order valence-electron chi connectivity index (χ2n) is 4.04. The maximum absolute atomic E-state index is 5.35. The average molecular weight is 324 g/mol. The van der Waals surface area contributed by atoms with E-state index in [0.717, 1.165) is 21.3 Å². The van der Waals surface area contributed by atoms with Crippen LogP contribution in [0.5, 0.6) is 0 Å². The average Bonchev–Trinajstić information content (AvgIpc) is 2.85. The fourth-order valence-electron chi connectivity index (χ4n) is 1.88. The summed E-state index contributed by atoms with van der Waals surface area (Å²) in [6.45, 7) is 0.608. The molecule has 5 nitrogen and oxygen atoms in total. The summed E-state index contributed by atoms with van der Waals surface area (Å²) in [5.74, 6) is 0.870. The topological polar surface area (TPSA) is 51.4 Å². The number of imidazole rings is 1. The molecule has 0 fully saturated rings. The Morgan fingerprint density at radius 3 is 3.00 bits per heavy atom.